The molecule has 0 bridgehead atoms. The normalized spacial score (nSPS) is 15.2. The van der Waals surface area contributed by atoms with Gasteiger partial charge in [-0.3, -0.25) is 20.3 Å². The molecule has 0 saturated carbocycles. The molecule has 10 nitrogen and oxygen atoms in total. The highest BCUT2D eigenvalue weighted by Gasteiger charge is 2.23. The quantitative estimate of drug-likeness (QED) is 0.507. The van der Waals surface area contributed by atoms with Crippen LogP contribution in [0.3, 0.4) is 0 Å². The zero-order chi connectivity index (χ0) is 24.2. The van der Waals surface area contributed by atoms with Crippen molar-refractivity contribution < 1.29 is 23.6 Å². The van der Waals surface area contributed by atoms with E-state index in [0.717, 1.165) is 32.2 Å². The van der Waals surface area contributed by atoms with Crippen LogP contribution in [0.15, 0.2) is 30.5 Å². The maximum atomic E-state index is 14.5. The second-order valence-corrected chi connectivity index (χ2v) is 8.82. The molecule has 1 aromatic heterocycles. The third-order valence-electron chi connectivity index (χ3n) is 4.96. The van der Waals surface area contributed by atoms with Crippen LogP contribution in [0, 0.1) is 15.9 Å². The summed E-state index contributed by atoms with van der Waals surface area (Å²) in [5, 5.41) is 13.6. The van der Waals surface area contributed by atoms with Gasteiger partial charge in [-0.2, -0.15) is 0 Å². The van der Waals surface area contributed by atoms with E-state index in [4.69, 9.17) is 9.47 Å². The van der Waals surface area contributed by atoms with Crippen molar-refractivity contribution in [1.29, 1.82) is 0 Å². The molecule has 0 aliphatic carbocycles. The van der Waals surface area contributed by atoms with Gasteiger partial charge in [0, 0.05) is 45.0 Å². The molecule has 178 valence electrons. The van der Waals surface area contributed by atoms with Crippen LogP contribution in [0.25, 0.3) is 0 Å². The molecule has 1 fully saturated rings. The lowest BCUT2D eigenvalue weighted by Crippen LogP contribution is -2.44. The number of benzene rings is 1. The molecule has 11 heteroatoms. The van der Waals surface area contributed by atoms with Crippen molar-refractivity contribution in [3.8, 4) is 11.5 Å². The van der Waals surface area contributed by atoms with Crippen LogP contribution >= 0.6 is 0 Å². The minimum absolute atomic E-state index is 0.172. The average Bonchev–Trinajstić information content (AvgIpc) is 2.71. The van der Waals surface area contributed by atoms with Crippen molar-refractivity contribution in [2.45, 2.75) is 32.9 Å². The molecule has 3 rings (SSSR count). The second kappa shape index (κ2) is 10.1. The van der Waals surface area contributed by atoms with Crippen molar-refractivity contribution >= 4 is 17.6 Å². The van der Waals surface area contributed by atoms with Gasteiger partial charge in [0.2, 0.25) is 0 Å². The zero-order valence-corrected chi connectivity index (χ0v) is 19.1. The molecule has 1 aliphatic heterocycles. The number of nitro groups is 1. The smallest absolute Gasteiger partial charge is 0.413 e. The zero-order valence-electron chi connectivity index (χ0n) is 19.1. The molecule has 2 aromatic rings. The molecule has 1 aliphatic rings. The standard InChI is InChI=1S/C22H28FN5O5/c1-22(2,3)33-21(29)25-20-16(14-27-11-9-26(4)10-12-27)18(7-8-24-20)32-19-6-5-15(28(30)31)13-17(19)23/h5-8,13H,9-12,14H2,1-4H3,(H,24,25,29). The first-order valence-corrected chi connectivity index (χ1v) is 10.5. The molecule has 0 spiro atoms. The first-order chi connectivity index (χ1) is 15.5. The van der Waals surface area contributed by atoms with Crippen molar-refractivity contribution in [3.63, 3.8) is 0 Å². The molecule has 1 amide bonds. The third kappa shape index (κ3) is 6.83. The summed E-state index contributed by atoms with van der Waals surface area (Å²) in [6.45, 7) is 9.00. The number of nitrogens with one attached hydrogen (secondary N) is 1. The number of ether oxygens (including phenoxy) is 2. The van der Waals surface area contributed by atoms with Crippen LogP contribution in [0.1, 0.15) is 26.3 Å². The van der Waals surface area contributed by atoms with E-state index >= 15 is 0 Å². The monoisotopic (exact) mass is 461 g/mol. The Morgan fingerprint density at radius 1 is 1.21 bits per heavy atom. The largest absolute Gasteiger partial charge is 0.454 e. The van der Waals surface area contributed by atoms with E-state index in [1.165, 1.54) is 18.3 Å². The first-order valence-electron chi connectivity index (χ1n) is 10.5. The predicted octanol–water partition coefficient (Wildman–Crippen LogP) is 4.02. The minimum Gasteiger partial charge on any atom is -0.454 e. The Balaban J connectivity index is 1.91. The molecule has 1 aromatic carbocycles. The minimum atomic E-state index is -0.867. The van der Waals surface area contributed by atoms with E-state index in [9.17, 15) is 19.3 Å². The fraction of sp³-hybridized carbons (Fsp3) is 0.455. The topological polar surface area (TPSA) is 110 Å². The number of hydrogen-bond acceptors (Lipinski definition) is 8. The number of carbonyl (C=O) groups is 1. The van der Waals surface area contributed by atoms with Crippen molar-refractivity contribution in [3.05, 3.63) is 52.0 Å². The average molecular weight is 461 g/mol. The van der Waals surface area contributed by atoms with Crippen molar-refractivity contribution in [1.82, 2.24) is 14.8 Å². The Morgan fingerprint density at radius 2 is 1.91 bits per heavy atom. The van der Waals surface area contributed by atoms with Crippen molar-refractivity contribution in [2.75, 3.05) is 38.5 Å². The summed E-state index contributed by atoms with van der Waals surface area (Å²) in [4.78, 5) is 31.3. The Morgan fingerprint density at radius 3 is 2.52 bits per heavy atom. The Kier molecular flexibility index (Phi) is 7.44. The maximum absolute atomic E-state index is 14.5. The van der Waals surface area contributed by atoms with Gasteiger partial charge in [0.25, 0.3) is 5.69 Å². The maximum Gasteiger partial charge on any atom is 0.413 e. The number of likely N-dealkylation sites (N-methyl/N-ethyl adjacent to an activating group) is 1. The lowest BCUT2D eigenvalue weighted by molar-refractivity contribution is -0.385. The molecule has 33 heavy (non-hydrogen) atoms. The molecule has 0 atom stereocenters. The summed E-state index contributed by atoms with van der Waals surface area (Å²) in [6, 6.07) is 4.73. The number of pyridine rings is 1. The molecule has 0 unspecified atom stereocenters. The van der Waals surface area contributed by atoms with E-state index in [2.05, 4.69) is 20.1 Å². The number of non-ortho nitro benzene ring substituents is 1. The van der Waals surface area contributed by atoms with Gasteiger partial charge in [0.1, 0.15) is 17.2 Å². The van der Waals surface area contributed by atoms with Gasteiger partial charge < -0.3 is 14.4 Å². The molecule has 1 saturated heterocycles. The van der Waals surface area contributed by atoms with Crippen LogP contribution in [-0.4, -0.2) is 64.6 Å². The van der Waals surface area contributed by atoms with Crippen LogP contribution in [0.5, 0.6) is 11.5 Å². The van der Waals surface area contributed by atoms with E-state index in [1.54, 1.807) is 26.8 Å². The molecular weight excluding hydrogens is 433 g/mol. The molecule has 2 heterocycles. The van der Waals surface area contributed by atoms with E-state index in [0.29, 0.717) is 12.1 Å². The highest BCUT2D eigenvalue weighted by atomic mass is 19.1. The number of aromatic nitrogens is 1. The van der Waals surface area contributed by atoms with Crippen LogP contribution in [0.4, 0.5) is 20.7 Å². The number of halogens is 1. The molecule has 0 radical (unpaired) electrons. The van der Waals surface area contributed by atoms with Gasteiger partial charge in [0.15, 0.2) is 11.6 Å². The Bertz CT molecular complexity index is 1020. The predicted molar refractivity (Wildman–Crippen MR) is 120 cm³/mol. The van der Waals surface area contributed by atoms with E-state index < -0.39 is 22.4 Å². The number of nitro benzene ring substituents is 1. The van der Waals surface area contributed by atoms with Gasteiger partial charge in [-0.25, -0.2) is 14.2 Å². The lowest BCUT2D eigenvalue weighted by atomic mass is 10.2. The van der Waals surface area contributed by atoms with Crippen molar-refractivity contribution in [2.24, 2.45) is 0 Å². The van der Waals surface area contributed by atoms with Crippen LogP contribution in [0.2, 0.25) is 0 Å². The fourth-order valence-electron chi connectivity index (χ4n) is 3.27. The number of amides is 1. The molecular formula is C22H28FN5O5. The third-order valence-corrected chi connectivity index (χ3v) is 4.96. The van der Waals surface area contributed by atoms with Crippen LogP contribution in [-0.2, 0) is 11.3 Å². The summed E-state index contributed by atoms with van der Waals surface area (Å²) in [5.41, 5.74) is -0.525. The number of nitrogens with zero attached hydrogens (tertiary/aromatic N) is 4. The number of hydrogen-bond donors (Lipinski definition) is 1. The van der Waals surface area contributed by atoms with E-state index in [1.807, 2.05) is 7.05 Å². The molecule has 1 N–H and O–H groups in total. The second-order valence-electron chi connectivity index (χ2n) is 8.82. The van der Waals surface area contributed by atoms with Gasteiger partial charge in [-0.15, -0.1) is 0 Å². The Labute approximate surface area is 191 Å². The summed E-state index contributed by atoms with van der Waals surface area (Å²) in [7, 11) is 2.04. The summed E-state index contributed by atoms with van der Waals surface area (Å²) in [6.07, 6.45) is 0.757. The highest BCUT2D eigenvalue weighted by molar-refractivity contribution is 5.85. The SMILES string of the molecule is CN1CCN(Cc2c(Oc3ccc([N+](=O)[O-])cc3F)ccnc2NC(=O)OC(C)(C)C)CC1. The van der Waals surface area contributed by atoms with Gasteiger partial charge in [0.05, 0.1) is 16.6 Å². The first kappa shape index (κ1) is 24.3. The highest BCUT2D eigenvalue weighted by Crippen LogP contribution is 2.33. The fourth-order valence-corrected chi connectivity index (χ4v) is 3.27. The van der Waals surface area contributed by atoms with Gasteiger partial charge >= 0.3 is 6.09 Å². The Hall–Kier alpha value is -3.31. The van der Waals surface area contributed by atoms with Gasteiger partial charge in [-0.05, 0) is 40.0 Å². The summed E-state index contributed by atoms with van der Waals surface area (Å²) >= 11 is 0. The number of carbonyl (C=O) groups excluding carboxylic acids is 1. The van der Waals surface area contributed by atoms with E-state index in [-0.39, 0.29) is 23.0 Å². The number of piperazine rings is 1. The summed E-state index contributed by atoms with van der Waals surface area (Å²) in [5.74, 6) is -0.520. The van der Waals surface area contributed by atoms with Gasteiger partial charge in [-0.1, -0.05) is 0 Å². The lowest BCUT2D eigenvalue weighted by Gasteiger charge is -2.33. The summed E-state index contributed by atoms with van der Waals surface area (Å²) < 4.78 is 25.6. The number of rotatable bonds is 6. The van der Waals surface area contributed by atoms with Crippen LogP contribution < -0.4 is 10.1 Å². The number of anilines is 1.